The van der Waals surface area contributed by atoms with Crippen molar-refractivity contribution < 1.29 is 0 Å². The molecule has 0 saturated heterocycles. The summed E-state index contributed by atoms with van der Waals surface area (Å²) in [5.74, 6) is 0.779. The van der Waals surface area contributed by atoms with E-state index >= 15 is 0 Å². The molecule has 1 aromatic heterocycles. The molecule has 3 rings (SSSR count). The fourth-order valence-corrected chi connectivity index (χ4v) is 1.95. The van der Waals surface area contributed by atoms with Crippen LogP contribution in [-0.4, -0.2) is 16.2 Å². The lowest BCUT2D eigenvalue weighted by Gasteiger charge is -2.22. The quantitative estimate of drug-likeness (QED) is 0.803. The van der Waals surface area contributed by atoms with Gasteiger partial charge in [-0.25, -0.2) is 9.97 Å². The van der Waals surface area contributed by atoms with Crippen LogP contribution in [0.5, 0.6) is 0 Å². The van der Waals surface area contributed by atoms with Gasteiger partial charge < -0.3 is 0 Å². The van der Waals surface area contributed by atoms with Crippen LogP contribution in [0.15, 0.2) is 41.8 Å². The molecule has 4 nitrogen and oxygen atoms in total. The second kappa shape index (κ2) is 3.97. The molecule has 0 radical (unpaired) electrons. The molecule has 1 aliphatic heterocycles. The number of aromatic nitrogens is 2. The molecule has 1 N–H and O–H groups in total. The molecule has 1 aromatic carbocycles. The summed E-state index contributed by atoms with van der Waals surface area (Å²) in [6, 6.07) is 8.23. The van der Waals surface area contributed by atoms with E-state index in [1.807, 2.05) is 37.7 Å². The fourth-order valence-electron chi connectivity index (χ4n) is 1.95. The summed E-state index contributed by atoms with van der Waals surface area (Å²) in [6.07, 6.45) is 5.52. The van der Waals surface area contributed by atoms with E-state index in [2.05, 4.69) is 32.6 Å². The first-order valence-corrected chi connectivity index (χ1v) is 5.50. The van der Waals surface area contributed by atoms with Crippen molar-refractivity contribution >= 4 is 6.21 Å². The Morgan fingerprint density at radius 3 is 2.71 bits per heavy atom. The van der Waals surface area contributed by atoms with Gasteiger partial charge in [0, 0.05) is 23.5 Å². The van der Waals surface area contributed by atoms with Crippen molar-refractivity contribution in [3.63, 3.8) is 0 Å². The maximum Gasteiger partial charge on any atom is 0.125 e. The molecule has 84 valence electrons. The van der Waals surface area contributed by atoms with Crippen molar-refractivity contribution in [1.82, 2.24) is 15.4 Å². The standard InChI is InChI=1S/C13H12N4/c1-9-14-6-11(7-15-9)13-12-5-3-2-4-10(12)8-16-17-13/h2-8,13,17H,1H3. The molecular formula is C13H12N4. The average molecular weight is 224 g/mol. The van der Waals surface area contributed by atoms with Crippen LogP contribution >= 0.6 is 0 Å². The van der Waals surface area contributed by atoms with Gasteiger partial charge in [-0.1, -0.05) is 24.3 Å². The minimum absolute atomic E-state index is 0.0387. The highest BCUT2D eigenvalue weighted by atomic mass is 15.3. The molecule has 2 heterocycles. The molecular weight excluding hydrogens is 212 g/mol. The Labute approximate surface area is 99.4 Å². The zero-order valence-corrected chi connectivity index (χ0v) is 9.46. The van der Waals surface area contributed by atoms with Crippen LogP contribution in [0.2, 0.25) is 0 Å². The number of nitrogens with zero attached hydrogens (tertiary/aromatic N) is 3. The Kier molecular flexibility index (Phi) is 2.33. The first-order valence-electron chi connectivity index (χ1n) is 5.50. The number of nitrogens with one attached hydrogen (secondary N) is 1. The Hall–Kier alpha value is -2.23. The summed E-state index contributed by atoms with van der Waals surface area (Å²) in [7, 11) is 0. The second-order valence-corrected chi connectivity index (χ2v) is 4.01. The summed E-state index contributed by atoms with van der Waals surface area (Å²) < 4.78 is 0. The van der Waals surface area contributed by atoms with E-state index in [1.165, 1.54) is 5.56 Å². The predicted molar refractivity (Wildman–Crippen MR) is 65.8 cm³/mol. The van der Waals surface area contributed by atoms with Crippen molar-refractivity contribution in [2.75, 3.05) is 0 Å². The smallest absolute Gasteiger partial charge is 0.125 e. The van der Waals surface area contributed by atoms with Gasteiger partial charge >= 0.3 is 0 Å². The molecule has 1 aliphatic rings. The lowest BCUT2D eigenvalue weighted by Crippen LogP contribution is -2.23. The van der Waals surface area contributed by atoms with E-state index in [1.54, 1.807) is 0 Å². The Morgan fingerprint density at radius 1 is 1.12 bits per heavy atom. The molecule has 17 heavy (non-hydrogen) atoms. The third-order valence-electron chi connectivity index (χ3n) is 2.85. The van der Waals surface area contributed by atoms with Crippen LogP contribution in [-0.2, 0) is 0 Å². The van der Waals surface area contributed by atoms with Crippen molar-refractivity contribution in [1.29, 1.82) is 0 Å². The van der Waals surface area contributed by atoms with Gasteiger partial charge in [-0.05, 0) is 12.5 Å². The van der Waals surface area contributed by atoms with E-state index in [-0.39, 0.29) is 6.04 Å². The second-order valence-electron chi connectivity index (χ2n) is 4.01. The number of rotatable bonds is 1. The normalized spacial score (nSPS) is 17.4. The SMILES string of the molecule is Cc1ncc(C2NN=Cc3ccccc32)cn1. The summed E-state index contributed by atoms with van der Waals surface area (Å²) in [5, 5.41) is 4.17. The zero-order chi connectivity index (χ0) is 11.7. The first-order chi connectivity index (χ1) is 8.34. The summed E-state index contributed by atoms with van der Waals surface area (Å²) in [4.78, 5) is 8.45. The third-order valence-corrected chi connectivity index (χ3v) is 2.85. The molecule has 0 fully saturated rings. The lowest BCUT2D eigenvalue weighted by atomic mass is 9.96. The number of benzene rings is 1. The highest BCUT2D eigenvalue weighted by molar-refractivity contribution is 5.83. The number of hydrogen-bond donors (Lipinski definition) is 1. The summed E-state index contributed by atoms with van der Waals surface area (Å²) in [5.41, 5.74) is 6.47. The molecule has 4 heteroatoms. The van der Waals surface area contributed by atoms with Crippen LogP contribution in [0.4, 0.5) is 0 Å². The molecule has 1 unspecified atom stereocenters. The lowest BCUT2D eigenvalue weighted by molar-refractivity contribution is 0.626. The maximum absolute atomic E-state index is 4.22. The van der Waals surface area contributed by atoms with Gasteiger partial charge in [0.15, 0.2) is 0 Å². The van der Waals surface area contributed by atoms with Crippen LogP contribution in [0, 0.1) is 6.92 Å². The number of hydrazone groups is 1. The molecule has 0 bridgehead atoms. The van der Waals surface area contributed by atoms with Gasteiger partial charge in [0.1, 0.15) is 5.82 Å². The molecule has 0 aliphatic carbocycles. The predicted octanol–water partition coefficient (Wildman–Crippen LogP) is 1.81. The molecule has 0 amide bonds. The van der Waals surface area contributed by atoms with E-state index in [0.29, 0.717) is 0 Å². The van der Waals surface area contributed by atoms with Crippen molar-refractivity contribution in [2.45, 2.75) is 13.0 Å². The van der Waals surface area contributed by atoms with E-state index in [9.17, 15) is 0 Å². The van der Waals surface area contributed by atoms with Crippen molar-refractivity contribution in [3.05, 3.63) is 59.2 Å². The minimum atomic E-state index is 0.0387. The topological polar surface area (TPSA) is 50.2 Å². The molecule has 2 aromatic rings. The minimum Gasteiger partial charge on any atom is -0.298 e. The number of aryl methyl sites for hydroxylation is 1. The van der Waals surface area contributed by atoms with Crippen LogP contribution in [0.3, 0.4) is 0 Å². The zero-order valence-electron chi connectivity index (χ0n) is 9.46. The van der Waals surface area contributed by atoms with E-state index in [4.69, 9.17) is 0 Å². The third kappa shape index (κ3) is 1.78. The number of hydrogen-bond acceptors (Lipinski definition) is 4. The summed E-state index contributed by atoms with van der Waals surface area (Å²) in [6.45, 7) is 1.88. The van der Waals surface area contributed by atoms with Crippen LogP contribution in [0.1, 0.15) is 28.6 Å². The molecule has 1 atom stereocenters. The van der Waals surface area contributed by atoms with Gasteiger partial charge in [-0.15, -0.1) is 0 Å². The fraction of sp³-hybridized carbons (Fsp3) is 0.154. The van der Waals surface area contributed by atoms with E-state index < -0.39 is 0 Å². The largest absolute Gasteiger partial charge is 0.298 e. The molecule has 0 saturated carbocycles. The Bertz CT molecular complexity index is 560. The van der Waals surface area contributed by atoms with Gasteiger partial charge in [-0.2, -0.15) is 5.10 Å². The van der Waals surface area contributed by atoms with Gasteiger partial charge in [0.05, 0.1) is 12.3 Å². The highest BCUT2D eigenvalue weighted by Gasteiger charge is 2.19. The van der Waals surface area contributed by atoms with Crippen LogP contribution in [0.25, 0.3) is 0 Å². The summed E-state index contributed by atoms with van der Waals surface area (Å²) >= 11 is 0. The molecule has 0 spiro atoms. The Morgan fingerprint density at radius 2 is 1.88 bits per heavy atom. The van der Waals surface area contributed by atoms with Gasteiger partial charge in [0.2, 0.25) is 0 Å². The first kappa shape index (κ1) is 9.96. The van der Waals surface area contributed by atoms with Crippen molar-refractivity contribution in [2.24, 2.45) is 5.10 Å². The highest BCUT2D eigenvalue weighted by Crippen LogP contribution is 2.25. The van der Waals surface area contributed by atoms with Gasteiger partial charge in [-0.3, -0.25) is 5.43 Å². The number of fused-ring (bicyclic) bond motifs is 1. The Balaban J connectivity index is 2.05. The maximum atomic E-state index is 4.22. The van der Waals surface area contributed by atoms with Crippen molar-refractivity contribution in [3.8, 4) is 0 Å². The average Bonchev–Trinajstić information content (AvgIpc) is 2.39. The monoisotopic (exact) mass is 224 g/mol. The van der Waals surface area contributed by atoms with Gasteiger partial charge in [0.25, 0.3) is 0 Å². The van der Waals surface area contributed by atoms with E-state index in [0.717, 1.165) is 17.0 Å². The van der Waals surface area contributed by atoms with Crippen LogP contribution < -0.4 is 5.43 Å².